The number of fused-ring (bicyclic) bond motifs is 1. The maximum atomic E-state index is 11.7. The molecule has 0 bridgehead atoms. The standard InChI is InChI=1S/C17H14O3/c1-19-17(18)13-7-8-16-15(11-13)14(9-10-20-16)12-5-3-2-4-6-12/h2-9,11H,10H2,1H3. The smallest absolute Gasteiger partial charge is 0.337 e. The Kier molecular flexibility index (Phi) is 3.25. The van der Waals surface area contributed by atoms with Gasteiger partial charge in [-0.2, -0.15) is 0 Å². The quantitative estimate of drug-likeness (QED) is 0.782. The molecule has 1 aliphatic rings. The molecule has 0 saturated carbocycles. The van der Waals surface area contributed by atoms with E-state index in [1.807, 2.05) is 48.5 Å². The molecule has 0 N–H and O–H groups in total. The molecule has 0 fully saturated rings. The van der Waals surface area contributed by atoms with Crippen LogP contribution >= 0.6 is 0 Å². The van der Waals surface area contributed by atoms with Crippen LogP contribution in [0.2, 0.25) is 0 Å². The van der Waals surface area contributed by atoms with Crippen LogP contribution in [0.4, 0.5) is 0 Å². The van der Waals surface area contributed by atoms with Crippen LogP contribution < -0.4 is 4.74 Å². The molecule has 0 amide bonds. The SMILES string of the molecule is COC(=O)c1ccc2c(c1)C(c1ccccc1)=CCO2. The molecule has 3 nitrogen and oxygen atoms in total. The first-order valence-corrected chi connectivity index (χ1v) is 6.40. The Labute approximate surface area is 117 Å². The molecule has 0 unspecified atom stereocenters. The molecule has 3 heteroatoms. The van der Waals surface area contributed by atoms with Gasteiger partial charge in [0.2, 0.25) is 0 Å². The highest BCUT2D eigenvalue weighted by Crippen LogP contribution is 2.34. The number of benzene rings is 2. The third-order valence-electron chi connectivity index (χ3n) is 3.30. The van der Waals surface area contributed by atoms with E-state index >= 15 is 0 Å². The number of ether oxygens (including phenoxy) is 2. The van der Waals surface area contributed by atoms with Crippen molar-refractivity contribution in [2.24, 2.45) is 0 Å². The highest BCUT2D eigenvalue weighted by atomic mass is 16.5. The van der Waals surface area contributed by atoms with E-state index in [0.29, 0.717) is 12.2 Å². The van der Waals surface area contributed by atoms with Crippen molar-refractivity contribution in [3.8, 4) is 5.75 Å². The van der Waals surface area contributed by atoms with E-state index in [4.69, 9.17) is 9.47 Å². The van der Waals surface area contributed by atoms with Crippen molar-refractivity contribution in [3.05, 3.63) is 71.3 Å². The largest absolute Gasteiger partial charge is 0.489 e. The minimum Gasteiger partial charge on any atom is -0.489 e. The molecule has 0 aliphatic carbocycles. The van der Waals surface area contributed by atoms with Crippen molar-refractivity contribution >= 4 is 11.5 Å². The van der Waals surface area contributed by atoms with Gasteiger partial charge in [0.05, 0.1) is 12.7 Å². The summed E-state index contributed by atoms with van der Waals surface area (Å²) in [6, 6.07) is 15.4. The first-order chi connectivity index (χ1) is 9.79. The van der Waals surface area contributed by atoms with E-state index in [0.717, 1.165) is 22.4 Å². The average molecular weight is 266 g/mol. The second-order valence-electron chi connectivity index (χ2n) is 4.50. The monoisotopic (exact) mass is 266 g/mol. The molecule has 0 saturated heterocycles. The third kappa shape index (κ3) is 2.18. The van der Waals surface area contributed by atoms with Gasteiger partial charge in [0.1, 0.15) is 12.4 Å². The van der Waals surface area contributed by atoms with Crippen LogP contribution in [0.25, 0.3) is 5.57 Å². The minimum atomic E-state index is -0.342. The molecule has 1 heterocycles. The fourth-order valence-electron chi connectivity index (χ4n) is 2.33. The summed E-state index contributed by atoms with van der Waals surface area (Å²) >= 11 is 0. The number of carbonyl (C=O) groups is 1. The van der Waals surface area contributed by atoms with Crippen LogP contribution in [0.3, 0.4) is 0 Å². The number of methoxy groups -OCH3 is 1. The van der Waals surface area contributed by atoms with Crippen LogP contribution in [-0.4, -0.2) is 19.7 Å². The fraction of sp³-hybridized carbons (Fsp3) is 0.118. The zero-order chi connectivity index (χ0) is 13.9. The van der Waals surface area contributed by atoms with Crippen molar-refractivity contribution in [1.82, 2.24) is 0 Å². The van der Waals surface area contributed by atoms with E-state index in [1.165, 1.54) is 7.11 Å². The van der Waals surface area contributed by atoms with Gasteiger partial charge in [0.15, 0.2) is 0 Å². The summed E-state index contributed by atoms with van der Waals surface area (Å²) in [7, 11) is 1.38. The molecule has 100 valence electrons. The second-order valence-corrected chi connectivity index (χ2v) is 4.50. The molecular formula is C17H14O3. The van der Waals surface area contributed by atoms with E-state index in [1.54, 1.807) is 6.07 Å². The fourth-order valence-corrected chi connectivity index (χ4v) is 2.33. The Bertz CT molecular complexity index is 672. The lowest BCUT2D eigenvalue weighted by Crippen LogP contribution is -2.08. The lowest BCUT2D eigenvalue weighted by atomic mass is 9.94. The molecule has 3 rings (SSSR count). The van der Waals surface area contributed by atoms with Gasteiger partial charge in [0, 0.05) is 5.56 Å². The maximum absolute atomic E-state index is 11.7. The minimum absolute atomic E-state index is 0.342. The second kappa shape index (κ2) is 5.21. The molecule has 0 spiro atoms. The molecule has 2 aromatic rings. The van der Waals surface area contributed by atoms with Gasteiger partial charge in [-0.15, -0.1) is 0 Å². The van der Waals surface area contributed by atoms with E-state index in [9.17, 15) is 4.79 Å². The Morgan fingerprint density at radius 1 is 1.15 bits per heavy atom. The number of hydrogen-bond donors (Lipinski definition) is 0. The normalized spacial score (nSPS) is 12.9. The highest BCUT2D eigenvalue weighted by molar-refractivity contribution is 5.93. The van der Waals surface area contributed by atoms with E-state index < -0.39 is 0 Å². The summed E-state index contributed by atoms with van der Waals surface area (Å²) in [5.41, 5.74) is 3.64. The third-order valence-corrected chi connectivity index (χ3v) is 3.30. The van der Waals surface area contributed by atoms with Gasteiger partial charge < -0.3 is 9.47 Å². The lowest BCUT2D eigenvalue weighted by molar-refractivity contribution is 0.0600. The summed E-state index contributed by atoms with van der Waals surface area (Å²) in [6.45, 7) is 0.537. The number of carbonyl (C=O) groups excluding carboxylic acids is 1. The molecule has 2 aromatic carbocycles. The Morgan fingerprint density at radius 3 is 2.70 bits per heavy atom. The number of esters is 1. The maximum Gasteiger partial charge on any atom is 0.337 e. The molecule has 0 aromatic heterocycles. The van der Waals surface area contributed by atoms with Crippen LogP contribution in [-0.2, 0) is 4.74 Å². The van der Waals surface area contributed by atoms with Gasteiger partial charge >= 0.3 is 5.97 Å². The van der Waals surface area contributed by atoms with Gasteiger partial charge in [-0.05, 0) is 35.4 Å². The highest BCUT2D eigenvalue weighted by Gasteiger charge is 2.17. The van der Waals surface area contributed by atoms with E-state index in [2.05, 4.69) is 0 Å². The van der Waals surface area contributed by atoms with Gasteiger partial charge in [-0.3, -0.25) is 0 Å². The van der Waals surface area contributed by atoms with Crippen LogP contribution in [0.1, 0.15) is 21.5 Å². The van der Waals surface area contributed by atoms with Crippen molar-refractivity contribution in [1.29, 1.82) is 0 Å². The summed E-state index contributed by atoms with van der Waals surface area (Å²) < 4.78 is 10.4. The number of rotatable bonds is 2. The van der Waals surface area contributed by atoms with Crippen molar-refractivity contribution in [2.45, 2.75) is 0 Å². The zero-order valence-corrected chi connectivity index (χ0v) is 11.1. The van der Waals surface area contributed by atoms with Crippen LogP contribution in [0.5, 0.6) is 5.75 Å². The molecule has 0 atom stereocenters. The molecular weight excluding hydrogens is 252 g/mol. The van der Waals surface area contributed by atoms with Crippen LogP contribution in [0, 0.1) is 0 Å². The lowest BCUT2D eigenvalue weighted by Gasteiger charge is -2.19. The molecule has 20 heavy (non-hydrogen) atoms. The zero-order valence-electron chi connectivity index (χ0n) is 11.1. The summed E-state index contributed by atoms with van der Waals surface area (Å²) in [4.78, 5) is 11.7. The summed E-state index contributed by atoms with van der Waals surface area (Å²) in [5.74, 6) is 0.449. The first-order valence-electron chi connectivity index (χ1n) is 6.40. The van der Waals surface area contributed by atoms with Crippen molar-refractivity contribution < 1.29 is 14.3 Å². The number of hydrogen-bond acceptors (Lipinski definition) is 3. The predicted molar refractivity (Wildman–Crippen MR) is 76.8 cm³/mol. The van der Waals surface area contributed by atoms with Crippen molar-refractivity contribution in [2.75, 3.05) is 13.7 Å². The molecule has 1 aliphatic heterocycles. The van der Waals surface area contributed by atoms with Crippen molar-refractivity contribution in [3.63, 3.8) is 0 Å². The first kappa shape index (κ1) is 12.5. The Balaban J connectivity index is 2.09. The van der Waals surface area contributed by atoms with Gasteiger partial charge in [0.25, 0.3) is 0 Å². The summed E-state index contributed by atoms with van der Waals surface area (Å²) in [6.07, 6.45) is 2.03. The van der Waals surface area contributed by atoms with Gasteiger partial charge in [-0.25, -0.2) is 4.79 Å². The summed E-state index contributed by atoms with van der Waals surface area (Å²) in [5, 5.41) is 0. The molecule has 0 radical (unpaired) electrons. The Morgan fingerprint density at radius 2 is 1.95 bits per heavy atom. The van der Waals surface area contributed by atoms with E-state index in [-0.39, 0.29) is 5.97 Å². The topological polar surface area (TPSA) is 35.5 Å². The predicted octanol–water partition coefficient (Wildman–Crippen LogP) is 3.30. The Hall–Kier alpha value is -2.55. The average Bonchev–Trinajstić information content (AvgIpc) is 2.54. The van der Waals surface area contributed by atoms with Gasteiger partial charge in [-0.1, -0.05) is 30.3 Å². The van der Waals surface area contributed by atoms with Crippen LogP contribution in [0.15, 0.2) is 54.6 Å².